The van der Waals surface area contributed by atoms with Crippen LogP contribution in [0.1, 0.15) is 57.8 Å². The van der Waals surface area contributed by atoms with E-state index >= 15 is 0 Å². The fourth-order valence-electron chi connectivity index (χ4n) is 5.41. The van der Waals surface area contributed by atoms with Gasteiger partial charge >= 0.3 is 12.2 Å². The van der Waals surface area contributed by atoms with Crippen LogP contribution >= 0.6 is 0 Å². The standard InChI is InChI=1S/C25H32F3N3O4/c26-25(27,28)18-13-19(15-21(14-18)35-20-7-5-16(6-8-20)22(29)32)30-23(33)31-11-9-24(34,10-12-31)17-3-1-2-4-17/h5,7,13,15,17,21,34H,1-4,6,8-12,14H2,(H2,29,32)(H,30,33). The molecule has 0 bridgehead atoms. The fourth-order valence-corrected chi connectivity index (χ4v) is 5.41. The quantitative estimate of drug-likeness (QED) is 0.537. The van der Waals surface area contributed by atoms with Crippen molar-refractivity contribution < 1.29 is 32.6 Å². The second-order valence-corrected chi connectivity index (χ2v) is 9.84. The van der Waals surface area contributed by atoms with Crippen molar-refractivity contribution in [1.29, 1.82) is 0 Å². The predicted molar refractivity (Wildman–Crippen MR) is 123 cm³/mol. The largest absolute Gasteiger partial charge is 0.490 e. The Morgan fingerprint density at radius 1 is 1.14 bits per heavy atom. The summed E-state index contributed by atoms with van der Waals surface area (Å²) >= 11 is 0. The van der Waals surface area contributed by atoms with Crippen molar-refractivity contribution in [1.82, 2.24) is 10.2 Å². The lowest BCUT2D eigenvalue weighted by atomic mass is 9.78. The van der Waals surface area contributed by atoms with E-state index in [1.807, 2.05) is 0 Å². The maximum atomic E-state index is 13.6. The third-order valence-corrected chi connectivity index (χ3v) is 7.49. The zero-order valence-corrected chi connectivity index (χ0v) is 19.6. The molecule has 4 rings (SSSR count). The third-order valence-electron chi connectivity index (χ3n) is 7.49. The Morgan fingerprint density at radius 3 is 2.40 bits per heavy atom. The number of ether oxygens (including phenoxy) is 1. The molecule has 35 heavy (non-hydrogen) atoms. The maximum absolute atomic E-state index is 13.6. The van der Waals surface area contributed by atoms with E-state index in [-0.39, 0.29) is 18.0 Å². The number of nitrogens with zero attached hydrogens (tertiary/aromatic N) is 1. The summed E-state index contributed by atoms with van der Waals surface area (Å²) in [6.07, 6.45) is 5.46. The third kappa shape index (κ3) is 6.09. The number of carbonyl (C=O) groups is 2. The van der Waals surface area contributed by atoms with Gasteiger partial charge < -0.3 is 25.8 Å². The number of allylic oxidation sites excluding steroid dienone is 4. The molecule has 1 atom stereocenters. The number of nitrogens with one attached hydrogen (secondary N) is 1. The molecule has 3 aliphatic carbocycles. The lowest BCUT2D eigenvalue weighted by molar-refractivity contribution is -0.114. The van der Waals surface area contributed by atoms with E-state index in [0.29, 0.717) is 50.1 Å². The topological polar surface area (TPSA) is 105 Å². The molecular weight excluding hydrogens is 463 g/mol. The van der Waals surface area contributed by atoms with Gasteiger partial charge in [0.2, 0.25) is 5.91 Å². The molecule has 192 valence electrons. The molecule has 2 fully saturated rings. The van der Waals surface area contributed by atoms with Crippen LogP contribution in [0.4, 0.5) is 18.0 Å². The molecule has 4 N–H and O–H groups in total. The first-order valence-corrected chi connectivity index (χ1v) is 12.2. The van der Waals surface area contributed by atoms with Gasteiger partial charge in [-0.15, -0.1) is 0 Å². The molecule has 0 aromatic heterocycles. The van der Waals surface area contributed by atoms with Crippen molar-refractivity contribution in [2.45, 2.75) is 75.7 Å². The summed E-state index contributed by atoms with van der Waals surface area (Å²) in [6.45, 7) is 0.701. The van der Waals surface area contributed by atoms with Crippen molar-refractivity contribution in [2.24, 2.45) is 11.7 Å². The van der Waals surface area contributed by atoms with E-state index in [1.165, 1.54) is 17.1 Å². The van der Waals surface area contributed by atoms with Gasteiger partial charge in [0.25, 0.3) is 0 Å². The number of urea groups is 1. The van der Waals surface area contributed by atoms with E-state index in [0.717, 1.165) is 31.8 Å². The van der Waals surface area contributed by atoms with Gasteiger partial charge in [-0.1, -0.05) is 18.9 Å². The smallest absolute Gasteiger partial charge is 0.412 e. The molecule has 10 heteroatoms. The van der Waals surface area contributed by atoms with E-state index in [4.69, 9.17) is 10.5 Å². The second-order valence-electron chi connectivity index (χ2n) is 9.84. The van der Waals surface area contributed by atoms with Gasteiger partial charge in [-0.05, 0) is 56.3 Å². The lowest BCUT2D eigenvalue weighted by Crippen LogP contribution is -2.52. The highest BCUT2D eigenvalue weighted by Gasteiger charge is 2.42. The highest BCUT2D eigenvalue weighted by Crippen LogP contribution is 2.40. The van der Waals surface area contributed by atoms with Gasteiger partial charge in [0.1, 0.15) is 6.10 Å². The van der Waals surface area contributed by atoms with Gasteiger partial charge in [-0.3, -0.25) is 4.79 Å². The molecule has 4 aliphatic rings. The number of alkyl halides is 3. The predicted octanol–water partition coefficient (Wildman–Crippen LogP) is 3.96. The Hall–Kier alpha value is -2.75. The summed E-state index contributed by atoms with van der Waals surface area (Å²) in [4.78, 5) is 25.6. The van der Waals surface area contributed by atoms with Crippen LogP contribution in [0.15, 0.2) is 46.9 Å². The SMILES string of the molecule is NC(=O)C1=CC=C(OC2C=C(NC(=O)N3CCC(O)(C4CCCC4)CC3)C=C(C(F)(F)F)C2)CC1. The maximum Gasteiger partial charge on any atom is 0.412 e. The summed E-state index contributed by atoms with van der Waals surface area (Å²) < 4.78 is 46.4. The average molecular weight is 496 g/mol. The molecular formula is C25H32F3N3O4. The van der Waals surface area contributed by atoms with Crippen molar-refractivity contribution >= 4 is 11.9 Å². The number of piperidine rings is 1. The van der Waals surface area contributed by atoms with Crippen LogP contribution in [0.5, 0.6) is 0 Å². The number of amides is 3. The number of hydrogen-bond donors (Lipinski definition) is 3. The molecule has 7 nitrogen and oxygen atoms in total. The second kappa shape index (κ2) is 10.1. The van der Waals surface area contributed by atoms with Crippen LogP contribution < -0.4 is 11.1 Å². The number of hydrogen-bond acceptors (Lipinski definition) is 4. The van der Waals surface area contributed by atoms with Gasteiger partial charge in [0.15, 0.2) is 0 Å². The minimum atomic E-state index is -4.56. The summed E-state index contributed by atoms with van der Waals surface area (Å²) in [5.74, 6) is 0.170. The first-order valence-electron chi connectivity index (χ1n) is 12.2. The Balaban J connectivity index is 1.41. The lowest BCUT2D eigenvalue weighted by Gasteiger charge is -2.42. The highest BCUT2D eigenvalue weighted by molar-refractivity contribution is 5.92. The molecule has 1 saturated heterocycles. The Bertz CT molecular complexity index is 969. The van der Waals surface area contributed by atoms with Crippen LogP contribution in [-0.2, 0) is 9.53 Å². The number of aliphatic hydroxyl groups is 1. The molecule has 1 saturated carbocycles. The van der Waals surface area contributed by atoms with Gasteiger partial charge in [0.05, 0.1) is 11.4 Å². The molecule has 1 unspecified atom stereocenters. The number of carbonyl (C=O) groups excluding carboxylic acids is 2. The normalized spacial score (nSPS) is 25.3. The van der Waals surface area contributed by atoms with Gasteiger partial charge in [-0.2, -0.15) is 13.2 Å². The van der Waals surface area contributed by atoms with Crippen molar-refractivity contribution in [2.75, 3.05) is 13.1 Å². The van der Waals surface area contributed by atoms with E-state index in [9.17, 15) is 27.9 Å². The Morgan fingerprint density at radius 2 is 1.83 bits per heavy atom. The van der Waals surface area contributed by atoms with Crippen LogP contribution in [0.25, 0.3) is 0 Å². The monoisotopic (exact) mass is 495 g/mol. The minimum absolute atomic E-state index is 0.0278. The molecule has 3 amide bonds. The first kappa shape index (κ1) is 25.3. The number of halogens is 3. The number of nitrogens with two attached hydrogens (primary N) is 1. The summed E-state index contributed by atoms with van der Waals surface area (Å²) in [7, 11) is 0. The Kier molecular flexibility index (Phi) is 7.30. The van der Waals surface area contributed by atoms with E-state index in [1.54, 1.807) is 6.08 Å². The highest BCUT2D eigenvalue weighted by atomic mass is 19.4. The summed E-state index contributed by atoms with van der Waals surface area (Å²) in [5, 5.41) is 13.6. The van der Waals surface area contributed by atoms with Gasteiger partial charge in [0, 0.05) is 42.8 Å². The Labute approximate surface area is 202 Å². The molecule has 0 aromatic carbocycles. The zero-order valence-electron chi connectivity index (χ0n) is 19.6. The zero-order chi connectivity index (χ0) is 25.2. The number of rotatable bonds is 5. The van der Waals surface area contributed by atoms with Crippen molar-refractivity contribution in [3.8, 4) is 0 Å². The molecule has 1 heterocycles. The number of primary amides is 1. The molecule has 0 radical (unpaired) electrons. The fraction of sp³-hybridized carbons (Fsp3) is 0.600. The van der Waals surface area contributed by atoms with Crippen LogP contribution in [0, 0.1) is 5.92 Å². The summed E-state index contributed by atoms with van der Waals surface area (Å²) in [6, 6.07) is -0.492. The van der Waals surface area contributed by atoms with E-state index in [2.05, 4.69) is 5.32 Å². The van der Waals surface area contributed by atoms with Crippen LogP contribution in [-0.4, -0.2) is 52.9 Å². The first-order chi connectivity index (χ1) is 16.5. The van der Waals surface area contributed by atoms with Gasteiger partial charge in [-0.25, -0.2) is 4.79 Å². The average Bonchev–Trinajstić information content (AvgIpc) is 3.35. The minimum Gasteiger partial charge on any atom is -0.490 e. The molecule has 0 aromatic rings. The summed E-state index contributed by atoms with van der Waals surface area (Å²) in [5.41, 5.74) is 4.16. The van der Waals surface area contributed by atoms with Crippen molar-refractivity contribution in [3.63, 3.8) is 0 Å². The van der Waals surface area contributed by atoms with Crippen LogP contribution in [0.3, 0.4) is 0 Å². The van der Waals surface area contributed by atoms with Crippen molar-refractivity contribution in [3.05, 3.63) is 46.9 Å². The van der Waals surface area contributed by atoms with Crippen LogP contribution in [0.2, 0.25) is 0 Å². The molecule has 0 spiro atoms. The number of likely N-dealkylation sites (tertiary alicyclic amines) is 1. The van der Waals surface area contributed by atoms with E-state index < -0.39 is 35.4 Å². The molecule has 1 aliphatic heterocycles.